The summed E-state index contributed by atoms with van der Waals surface area (Å²) in [6, 6.07) is 8.66. The second-order valence-corrected chi connectivity index (χ2v) is 6.54. The molecule has 0 spiro atoms. The lowest BCUT2D eigenvalue weighted by molar-refractivity contribution is 0.0952. The molecule has 1 amide bonds. The second kappa shape index (κ2) is 8.87. The highest BCUT2D eigenvalue weighted by molar-refractivity contribution is 9.10. The summed E-state index contributed by atoms with van der Waals surface area (Å²) in [6.07, 6.45) is 1.49. The topological polar surface area (TPSA) is 69.2 Å². The van der Waals surface area contributed by atoms with Crippen molar-refractivity contribution in [1.29, 1.82) is 0 Å². The van der Waals surface area contributed by atoms with E-state index in [0.29, 0.717) is 28.4 Å². The van der Waals surface area contributed by atoms with Crippen molar-refractivity contribution < 1.29 is 19.0 Å². The number of ether oxygens (including phenoxy) is 3. The Morgan fingerprint density at radius 1 is 1.00 bits per heavy atom. The van der Waals surface area contributed by atoms with Crippen molar-refractivity contribution in [2.24, 2.45) is 5.10 Å². The maximum Gasteiger partial charge on any atom is 0.275 e. The van der Waals surface area contributed by atoms with Crippen LogP contribution in [0.2, 0.25) is 0 Å². The number of hydrazone groups is 1. The molecule has 0 heterocycles. The summed E-state index contributed by atoms with van der Waals surface area (Å²) in [7, 11) is 4.62. The molecule has 132 valence electrons. The predicted molar refractivity (Wildman–Crippen MR) is 103 cm³/mol. The van der Waals surface area contributed by atoms with Crippen molar-refractivity contribution in [2.75, 3.05) is 21.3 Å². The van der Waals surface area contributed by atoms with E-state index in [2.05, 4.69) is 42.4 Å². The van der Waals surface area contributed by atoms with E-state index in [1.165, 1.54) is 13.3 Å². The smallest absolute Gasteiger partial charge is 0.275 e. The van der Waals surface area contributed by atoms with Crippen LogP contribution in [-0.4, -0.2) is 33.5 Å². The fourth-order valence-corrected chi connectivity index (χ4v) is 2.95. The third kappa shape index (κ3) is 4.73. The van der Waals surface area contributed by atoms with Gasteiger partial charge in [0.2, 0.25) is 0 Å². The van der Waals surface area contributed by atoms with Crippen LogP contribution in [0.25, 0.3) is 0 Å². The molecular weight excluding hydrogens is 456 g/mol. The largest absolute Gasteiger partial charge is 0.496 e. The molecule has 25 heavy (non-hydrogen) atoms. The molecule has 0 atom stereocenters. The Hall–Kier alpha value is -2.06. The minimum absolute atomic E-state index is 0.372. The van der Waals surface area contributed by atoms with Crippen LogP contribution in [0.3, 0.4) is 0 Å². The molecule has 0 aromatic heterocycles. The normalized spacial score (nSPS) is 10.6. The summed E-state index contributed by atoms with van der Waals surface area (Å²) >= 11 is 6.74. The molecule has 0 aliphatic carbocycles. The van der Waals surface area contributed by atoms with Crippen LogP contribution in [0.5, 0.6) is 17.2 Å². The minimum atomic E-state index is -0.388. The summed E-state index contributed by atoms with van der Waals surface area (Å²) in [5.41, 5.74) is 3.53. The number of rotatable bonds is 6. The Labute approximate surface area is 162 Å². The SMILES string of the molecule is COc1cc(OC)c(/C=N/NC(=O)c2cc(Br)ccc2OC)cc1Br. The van der Waals surface area contributed by atoms with E-state index in [0.717, 1.165) is 8.95 Å². The van der Waals surface area contributed by atoms with E-state index in [-0.39, 0.29) is 5.91 Å². The van der Waals surface area contributed by atoms with Crippen molar-refractivity contribution in [3.8, 4) is 17.2 Å². The highest BCUT2D eigenvalue weighted by Crippen LogP contribution is 2.32. The van der Waals surface area contributed by atoms with Gasteiger partial charge < -0.3 is 14.2 Å². The van der Waals surface area contributed by atoms with E-state index < -0.39 is 0 Å². The van der Waals surface area contributed by atoms with E-state index >= 15 is 0 Å². The fraction of sp³-hybridized carbons (Fsp3) is 0.176. The molecule has 8 heteroatoms. The van der Waals surface area contributed by atoms with Crippen molar-refractivity contribution in [3.05, 3.63) is 50.4 Å². The first-order valence-corrected chi connectivity index (χ1v) is 8.67. The van der Waals surface area contributed by atoms with Gasteiger partial charge in [-0.2, -0.15) is 5.10 Å². The first-order valence-electron chi connectivity index (χ1n) is 7.08. The molecule has 1 N–H and O–H groups in total. The first-order chi connectivity index (χ1) is 12.0. The summed E-state index contributed by atoms with van der Waals surface area (Å²) in [4.78, 5) is 12.3. The van der Waals surface area contributed by atoms with E-state index in [1.54, 1.807) is 44.6 Å². The van der Waals surface area contributed by atoms with Crippen LogP contribution in [-0.2, 0) is 0 Å². The lowest BCUT2D eigenvalue weighted by Gasteiger charge is -2.10. The lowest BCUT2D eigenvalue weighted by Crippen LogP contribution is -2.18. The molecule has 0 saturated heterocycles. The number of nitrogens with zero attached hydrogens (tertiary/aromatic N) is 1. The molecule has 6 nitrogen and oxygen atoms in total. The van der Waals surface area contributed by atoms with Crippen LogP contribution in [0, 0.1) is 0 Å². The number of carbonyl (C=O) groups is 1. The molecule has 2 aromatic rings. The average Bonchev–Trinajstić information content (AvgIpc) is 2.61. The van der Waals surface area contributed by atoms with Gasteiger partial charge in [-0.25, -0.2) is 5.43 Å². The van der Waals surface area contributed by atoms with E-state index in [9.17, 15) is 4.79 Å². The van der Waals surface area contributed by atoms with Crippen molar-refractivity contribution >= 4 is 44.0 Å². The van der Waals surface area contributed by atoms with E-state index in [1.807, 2.05) is 0 Å². The van der Waals surface area contributed by atoms with Crippen molar-refractivity contribution in [1.82, 2.24) is 5.43 Å². The molecule has 0 radical (unpaired) electrons. The molecule has 2 rings (SSSR count). The Bertz CT molecular complexity index is 809. The molecule has 2 aromatic carbocycles. The summed E-state index contributed by atoms with van der Waals surface area (Å²) in [5.74, 6) is 1.27. The molecule has 0 saturated carbocycles. The van der Waals surface area contributed by atoms with Crippen LogP contribution >= 0.6 is 31.9 Å². The van der Waals surface area contributed by atoms with Crippen molar-refractivity contribution in [3.63, 3.8) is 0 Å². The molecule has 0 bridgehead atoms. The van der Waals surface area contributed by atoms with Crippen LogP contribution in [0.15, 0.2) is 44.4 Å². The van der Waals surface area contributed by atoms with E-state index in [4.69, 9.17) is 14.2 Å². The second-order valence-electron chi connectivity index (χ2n) is 4.77. The zero-order valence-corrected chi connectivity index (χ0v) is 17.0. The maximum atomic E-state index is 12.3. The van der Waals surface area contributed by atoms with Gasteiger partial charge in [0, 0.05) is 16.1 Å². The van der Waals surface area contributed by atoms with Gasteiger partial charge in [-0.1, -0.05) is 15.9 Å². The number of carbonyl (C=O) groups excluding carboxylic acids is 1. The van der Waals surface area contributed by atoms with Gasteiger partial charge >= 0.3 is 0 Å². The van der Waals surface area contributed by atoms with Gasteiger partial charge in [-0.3, -0.25) is 4.79 Å². The monoisotopic (exact) mass is 470 g/mol. The Morgan fingerprint density at radius 3 is 2.32 bits per heavy atom. The van der Waals surface area contributed by atoms with Gasteiger partial charge in [0.25, 0.3) is 5.91 Å². The number of halogens is 2. The van der Waals surface area contributed by atoms with Gasteiger partial charge in [-0.05, 0) is 40.2 Å². The third-order valence-electron chi connectivity index (χ3n) is 3.28. The van der Waals surface area contributed by atoms with Gasteiger partial charge in [0.15, 0.2) is 0 Å². The van der Waals surface area contributed by atoms with Crippen LogP contribution in [0.1, 0.15) is 15.9 Å². The number of hydrogen-bond donors (Lipinski definition) is 1. The standard InChI is InChI=1S/C17H16Br2N2O4/c1-23-14-5-4-11(18)7-12(14)17(22)21-20-9-10-6-13(19)16(25-3)8-15(10)24-2/h4-9H,1-3H3,(H,21,22)/b20-9+. The molecule has 0 aliphatic heterocycles. The van der Waals surface area contributed by atoms with Gasteiger partial charge in [-0.15, -0.1) is 0 Å². The minimum Gasteiger partial charge on any atom is -0.496 e. The molecule has 0 unspecified atom stereocenters. The summed E-state index contributed by atoms with van der Waals surface area (Å²) in [6.45, 7) is 0. The van der Waals surface area contributed by atoms with Gasteiger partial charge in [0.05, 0.1) is 37.6 Å². The summed E-state index contributed by atoms with van der Waals surface area (Å²) < 4.78 is 17.2. The Morgan fingerprint density at radius 2 is 1.68 bits per heavy atom. The van der Waals surface area contributed by atoms with Crippen molar-refractivity contribution in [2.45, 2.75) is 0 Å². The van der Waals surface area contributed by atoms with Crippen LogP contribution < -0.4 is 19.6 Å². The molecule has 0 aliphatic rings. The zero-order chi connectivity index (χ0) is 18.4. The summed E-state index contributed by atoms with van der Waals surface area (Å²) in [5, 5.41) is 3.99. The zero-order valence-electron chi connectivity index (χ0n) is 13.8. The first kappa shape index (κ1) is 19.3. The number of benzene rings is 2. The number of nitrogens with one attached hydrogen (secondary N) is 1. The Balaban J connectivity index is 2.20. The average molecular weight is 472 g/mol. The lowest BCUT2D eigenvalue weighted by atomic mass is 10.2. The number of methoxy groups -OCH3 is 3. The quantitative estimate of drug-likeness (QED) is 0.510. The highest BCUT2D eigenvalue weighted by Gasteiger charge is 2.12. The Kier molecular flexibility index (Phi) is 6.83. The highest BCUT2D eigenvalue weighted by atomic mass is 79.9. The molecule has 0 fully saturated rings. The third-order valence-corrected chi connectivity index (χ3v) is 4.39. The molecular formula is C17H16Br2N2O4. The maximum absolute atomic E-state index is 12.3. The van der Waals surface area contributed by atoms with Crippen LogP contribution in [0.4, 0.5) is 0 Å². The number of hydrogen-bond acceptors (Lipinski definition) is 5. The fourth-order valence-electron chi connectivity index (χ4n) is 2.06. The van der Waals surface area contributed by atoms with Gasteiger partial charge in [0.1, 0.15) is 17.2 Å². The predicted octanol–water partition coefficient (Wildman–Crippen LogP) is 4.00. The number of amides is 1.